The van der Waals surface area contributed by atoms with Crippen LogP contribution in [0.4, 0.5) is 5.69 Å². The minimum Gasteiger partial charge on any atom is -0.352 e. The maximum absolute atomic E-state index is 14.2. The molecule has 1 atom stereocenters. The van der Waals surface area contributed by atoms with Crippen LogP contribution in [-0.2, 0) is 32.6 Å². The average molecular weight is 617 g/mol. The number of anilines is 1. The first-order valence-corrected chi connectivity index (χ1v) is 16.2. The molecule has 10 heteroatoms. The summed E-state index contributed by atoms with van der Waals surface area (Å²) in [7, 11) is -3.84. The number of benzene rings is 3. The molecular formula is C31H35Cl2N3O4S. The number of rotatable bonds is 11. The quantitative estimate of drug-likeness (QED) is 0.297. The van der Waals surface area contributed by atoms with E-state index >= 15 is 0 Å². The molecule has 41 heavy (non-hydrogen) atoms. The van der Waals surface area contributed by atoms with E-state index in [2.05, 4.69) is 5.32 Å². The molecule has 2 amide bonds. The summed E-state index contributed by atoms with van der Waals surface area (Å²) in [5, 5.41) is 3.84. The van der Waals surface area contributed by atoms with Crippen LogP contribution in [0.1, 0.15) is 42.4 Å². The number of hydrogen-bond donors (Lipinski definition) is 1. The highest BCUT2D eigenvalue weighted by Crippen LogP contribution is 2.28. The Morgan fingerprint density at radius 3 is 2.12 bits per heavy atom. The van der Waals surface area contributed by atoms with Crippen molar-refractivity contribution in [2.45, 2.75) is 57.7 Å². The fourth-order valence-corrected chi connectivity index (χ4v) is 6.47. The largest absolute Gasteiger partial charge is 0.352 e. The van der Waals surface area contributed by atoms with Gasteiger partial charge in [0, 0.05) is 34.6 Å². The molecule has 0 spiro atoms. The van der Waals surface area contributed by atoms with Crippen LogP contribution in [0.2, 0.25) is 10.0 Å². The summed E-state index contributed by atoms with van der Waals surface area (Å²) in [5.74, 6) is -0.840. The van der Waals surface area contributed by atoms with Gasteiger partial charge in [-0.3, -0.25) is 13.9 Å². The van der Waals surface area contributed by atoms with E-state index in [4.69, 9.17) is 23.2 Å². The van der Waals surface area contributed by atoms with Gasteiger partial charge in [0.25, 0.3) is 0 Å². The van der Waals surface area contributed by atoms with Gasteiger partial charge in [0.2, 0.25) is 21.8 Å². The van der Waals surface area contributed by atoms with Gasteiger partial charge in [0.05, 0.1) is 11.9 Å². The second-order valence-electron chi connectivity index (χ2n) is 10.5. The first kappa shape index (κ1) is 30.9. The van der Waals surface area contributed by atoms with Crippen LogP contribution >= 0.6 is 23.2 Å². The topological polar surface area (TPSA) is 86.8 Å². The van der Waals surface area contributed by atoms with Crippen LogP contribution in [0.5, 0.6) is 0 Å². The summed E-state index contributed by atoms with van der Waals surface area (Å²) in [5.41, 5.74) is 2.66. The van der Waals surface area contributed by atoms with E-state index in [-0.39, 0.29) is 24.9 Å². The molecule has 0 aromatic heterocycles. The van der Waals surface area contributed by atoms with Gasteiger partial charge in [0.1, 0.15) is 12.6 Å². The van der Waals surface area contributed by atoms with Crippen LogP contribution in [0.15, 0.2) is 72.8 Å². The predicted molar refractivity (Wildman–Crippen MR) is 165 cm³/mol. The van der Waals surface area contributed by atoms with Gasteiger partial charge < -0.3 is 10.2 Å². The molecule has 0 heterocycles. The normalized spacial score (nSPS) is 14.4. The van der Waals surface area contributed by atoms with Crippen molar-refractivity contribution < 1.29 is 18.0 Å². The molecule has 4 rings (SSSR count). The molecule has 1 aliphatic rings. The van der Waals surface area contributed by atoms with E-state index in [9.17, 15) is 18.0 Å². The molecule has 1 N–H and O–H groups in total. The highest BCUT2D eigenvalue weighted by atomic mass is 35.5. The molecule has 3 aromatic carbocycles. The van der Waals surface area contributed by atoms with E-state index in [1.165, 1.54) is 4.90 Å². The van der Waals surface area contributed by atoms with Crippen molar-refractivity contribution in [3.8, 4) is 0 Å². The number of carbonyl (C=O) groups excluding carboxylic acids is 2. The van der Waals surface area contributed by atoms with Crippen LogP contribution < -0.4 is 9.62 Å². The number of nitrogens with zero attached hydrogens (tertiary/aromatic N) is 2. The molecule has 1 saturated carbocycles. The lowest BCUT2D eigenvalue weighted by Gasteiger charge is -2.34. The number of carbonyl (C=O) groups is 2. The Labute approximate surface area is 252 Å². The summed E-state index contributed by atoms with van der Waals surface area (Å²) in [6.07, 6.45) is 5.12. The highest BCUT2D eigenvalue weighted by molar-refractivity contribution is 7.92. The summed E-state index contributed by atoms with van der Waals surface area (Å²) in [4.78, 5) is 29.5. The summed E-state index contributed by atoms with van der Waals surface area (Å²) < 4.78 is 26.9. The Bertz CT molecular complexity index is 1440. The van der Waals surface area contributed by atoms with Crippen molar-refractivity contribution in [1.29, 1.82) is 0 Å². The first-order valence-electron chi connectivity index (χ1n) is 13.6. The van der Waals surface area contributed by atoms with E-state index in [0.29, 0.717) is 21.3 Å². The lowest BCUT2D eigenvalue weighted by atomic mass is 10.0. The number of aryl methyl sites for hydroxylation is 1. The third-order valence-corrected chi connectivity index (χ3v) is 9.21. The minimum absolute atomic E-state index is 0.0294. The van der Waals surface area contributed by atoms with Gasteiger partial charge in [-0.1, -0.05) is 90.1 Å². The van der Waals surface area contributed by atoms with E-state index in [1.54, 1.807) is 42.5 Å². The molecule has 0 unspecified atom stereocenters. The molecule has 3 aromatic rings. The number of hydrogen-bond acceptors (Lipinski definition) is 4. The Kier molecular flexibility index (Phi) is 10.3. The first-order chi connectivity index (χ1) is 19.5. The van der Waals surface area contributed by atoms with Gasteiger partial charge in [-0.25, -0.2) is 8.42 Å². The molecule has 0 aliphatic heterocycles. The Morgan fingerprint density at radius 1 is 0.927 bits per heavy atom. The monoisotopic (exact) mass is 615 g/mol. The zero-order valence-corrected chi connectivity index (χ0v) is 25.6. The van der Waals surface area contributed by atoms with E-state index in [0.717, 1.165) is 47.4 Å². The second kappa shape index (κ2) is 13.7. The van der Waals surface area contributed by atoms with Crippen LogP contribution in [0.25, 0.3) is 0 Å². The van der Waals surface area contributed by atoms with Crippen molar-refractivity contribution in [2.75, 3.05) is 17.1 Å². The molecule has 0 bridgehead atoms. The maximum Gasteiger partial charge on any atom is 0.244 e. The molecule has 1 fully saturated rings. The predicted octanol–water partition coefficient (Wildman–Crippen LogP) is 5.77. The molecular weight excluding hydrogens is 581 g/mol. The standard InChI is InChI=1S/C31H35Cl2N3O4S/c1-22-15-17-25(18-16-22)36(41(2,39)40)21-30(37)35(20-26-27(32)13-8-14-28(26)33)29(19-23-9-4-3-5-10-23)31(38)34-24-11-6-7-12-24/h3-5,8-10,13-18,24,29H,6-7,11-12,19-21H2,1-2H3,(H,34,38)/t29-/m0/s1. The summed E-state index contributed by atoms with van der Waals surface area (Å²) in [6.45, 7) is 1.33. The van der Waals surface area contributed by atoms with Crippen molar-refractivity contribution in [3.63, 3.8) is 0 Å². The van der Waals surface area contributed by atoms with Crippen LogP contribution in [-0.4, -0.2) is 50.0 Å². The van der Waals surface area contributed by atoms with E-state index < -0.39 is 28.5 Å². The van der Waals surface area contributed by atoms with Crippen molar-refractivity contribution in [1.82, 2.24) is 10.2 Å². The Hall–Kier alpha value is -3.07. The Morgan fingerprint density at radius 2 is 1.54 bits per heavy atom. The lowest BCUT2D eigenvalue weighted by molar-refractivity contribution is -0.140. The van der Waals surface area contributed by atoms with E-state index in [1.807, 2.05) is 37.3 Å². The highest BCUT2D eigenvalue weighted by Gasteiger charge is 2.35. The van der Waals surface area contributed by atoms with Crippen LogP contribution in [0, 0.1) is 6.92 Å². The number of amides is 2. The van der Waals surface area contributed by atoms with Crippen LogP contribution in [0.3, 0.4) is 0 Å². The zero-order chi connectivity index (χ0) is 29.6. The average Bonchev–Trinajstić information content (AvgIpc) is 3.44. The van der Waals surface area contributed by atoms with Gasteiger partial charge in [0.15, 0.2) is 0 Å². The fraction of sp³-hybridized carbons (Fsp3) is 0.355. The molecule has 7 nitrogen and oxygen atoms in total. The number of sulfonamides is 1. The second-order valence-corrected chi connectivity index (χ2v) is 13.2. The third-order valence-electron chi connectivity index (χ3n) is 7.36. The van der Waals surface area contributed by atoms with Crippen molar-refractivity contribution in [3.05, 3.63) is 99.5 Å². The Balaban J connectivity index is 1.75. The zero-order valence-electron chi connectivity index (χ0n) is 23.2. The lowest BCUT2D eigenvalue weighted by Crippen LogP contribution is -2.54. The maximum atomic E-state index is 14.2. The minimum atomic E-state index is -3.84. The van der Waals surface area contributed by atoms with Gasteiger partial charge >= 0.3 is 0 Å². The van der Waals surface area contributed by atoms with Crippen molar-refractivity contribution in [2.24, 2.45) is 0 Å². The fourth-order valence-electron chi connectivity index (χ4n) is 5.10. The molecule has 218 valence electrons. The van der Waals surface area contributed by atoms with Gasteiger partial charge in [-0.05, 0) is 49.6 Å². The molecule has 0 saturated heterocycles. The van der Waals surface area contributed by atoms with Crippen molar-refractivity contribution >= 4 is 50.7 Å². The van der Waals surface area contributed by atoms with Gasteiger partial charge in [-0.15, -0.1) is 0 Å². The molecule has 1 aliphatic carbocycles. The smallest absolute Gasteiger partial charge is 0.244 e. The number of nitrogens with one attached hydrogen (secondary N) is 1. The summed E-state index contributed by atoms with van der Waals surface area (Å²) >= 11 is 13.0. The van der Waals surface area contributed by atoms with Gasteiger partial charge in [-0.2, -0.15) is 0 Å². The molecule has 0 radical (unpaired) electrons. The number of halogens is 2. The SMILES string of the molecule is Cc1ccc(N(CC(=O)N(Cc2c(Cl)cccc2Cl)[C@@H](Cc2ccccc2)C(=O)NC2CCCC2)S(C)(=O)=O)cc1. The summed E-state index contributed by atoms with van der Waals surface area (Å²) in [6, 6.07) is 20.5. The third kappa shape index (κ3) is 8.24.